The minimum Gasteiger partial charge on any atom is -0.482 e. The highest BCUT2D eigenvalue weighted by molar-refractivity contribution is 6.30. The van der Waals surface area contributed by atoms with Crippen LogP contribution in [0.2, 0.25) is 5.02 Å². The Morgan fingerprint density at radius 2 is 2.30 bits per heavy atom. The average molecular weight is 301 g/mol. The first-order valence-corrected chi connectivity index (χ1v) is 6.31. The lowest BCUT2D eigenvalue weighted by molar-refractivity contribution is -0.386. The van der Waals surface area contributed by atoms with Crippen molar-refractivity contribution in [3.63, 3.8) is 0 Å². The molecule has 1 aliphatic heterocycles. The molecule has 0 aromatic heterocycles. The van der Waals surface area contributed by atoms with Gasteiger partial charge in [-0.05, 0) is 12.1 Å². The quantitative estimate of drug-likeness (QED) is 0.515. The molecule has 1 aromatic rings. The fourth-order valence-corrected chi connectivity index (χ4v) is 2.19. The molecule has 1 aromatic carbocycles. The third-order valence-electron chi connectivity index (χ3n) is 2.99. The number of carbonyl (C=O) groups is 1. The second kappa shape index (κ2) is 6.06. The Bertz CT molecular complexity index is 537. The summed E-state index contributed by atoms with van der Waals surface area (Å²) in [6.45, 7) is 0.416. The number of nitro groups is 1. The summed E-state index contributed by atoms with van der Waals surface area (Å²) in [4.78, 5) is 21.8. The van der Waals surface area contributed by atoms with Crippen LogP contribution in [-0.2, 0) is 9.53 Å². The highest BCUT2D eigenvalue weighted by Gasteiger charge is 2.32. The molecule has 2 atom stereocenters. The van der Waals surface area contributed by atoms with Gasteiger partial charge in [-0.2, -0.15) is 0 Å². The van der Waals surface area contributed by atoms with Crippen LogP contribution < -0.4 is 10.1 Å². The van der Waals surface area contributed by atoms with Crippen LogP contribution in [0.5, 0.6) is 5.75 Å². The van der Waals surface area contributed by atoms with Crippen molar-refractivity contribution in [1.82, 2.24) is 5.32 Å². The molecule has 2 unspecified atom stereocenters. The maximum Gasteiger partial charge on any atom is 0.323 e. The molecule has 108 valence electrons. The maximum atomic E-state index is 11.4. The lowest BCUT2D eigenvalue weighted by Gasteiger charge is -2.12. The number of hydrogen-bond acceptors (Lipinski definition) is 6. The fourth-order valence-electron chi connectivity index (χ4n) is 2.03. The predicted molar refractivity (Wildman–Crippen MR) is 70.9 cm³/mol. The number of hydrogen-bond donors (Lipinski definition) is 1. The minimum atomic E-state index is -0.554. The summed E-state index contributed by atoms with van der Waals surface area (Å²) < 4.78 is 10.2. The minimum absolute atomic E-state index is 0.136. The van der Waals surface area contributed by atoms with Gasteiger partial charge in [0.25, 0.3) is 0 Å². The van der Waals surface area contributed by atoms with Crippen LogP contribution in [0, 0.1) is 10.1 Å². The first-order valence-electron chi connectivity index (χ1n) is 5.93. The van der Waals surface area contributed by atoms with Gasteiger partial charge in [-0.3, -0.25) is 14.9 Å². The number of esters is 1. The van der Waals surface area contributed by atoms with E-state index < -0.39 is 11.0 Å². The zero-order valence-corrected chi connectivity index (χ0v) is 11.4. The third kappa shape index (κ3) is 3.17. The summed E-state index contributed by atoms with van der Waals surface area (Å²) in [5.74, 6) is -0.238. The van der Waals surface area contributed by atoms with Crippen LogP contribution in [0.15, 0.2) is 18.2 Å². The molecule has 8 heteroatoms. The standard InChI is InChI=1S/C12H13ClN2O5/c1-19-12(16)9-5-8(6-14-9)20-11-3-2-7(13)4-10(11)15(17)18/h2-4,8-9,14H,5-6H2,1H3. The number of nitro benzene ring substituents is 1. The highest BCUT2D eigenvalue weighted by Crippen LogP contribution is 2.31. The Morgan fingerprint density at radius 3 is 2.95 bits per heavy atom. The molecular weight excluding hydrogens is 288 g/mol. The molecule has 0 bridgehead atoms. The summed E-state index contributed by atoms with van der Waals surface area (Å²) in [6.07, 6.45) is 0.0610. The van der Waals surface area contributed by atoms with Crippen LogP contribution in [0.25, 0.3) is 0 Å². The number of ether oxygens (including phenoxy) is 2. The average Bonchev–Trinajstić information content (AvgIpc) is 2.88. The number of nitrogens with one attached hydrogen (secondary N) is 1. The topological polar surface area (TPSA) is 90.7 Å². The third-order valence-corrected chi connectivity index (χ3v) is 3.22. The summed E-state index contributed by atoms with van der Waals surface area (Å²) >= 11 is 5.73. The van der Waals surface area contributed by atoms with E-state index in [9.17, 15) is 14.9 Å². The molecular formula is C12H13ClN2O5. The van der Waals surface area contributed by atoms with Gasteiger partial charge in [-0.1, -0.05) is 11.6 Å². The molecule has 0 radical (unpaired) electrons. The Morgan fingerprint density at radius 1 is 1.55 bits per heavy atom. The second-order valence-corrected chi connectivity index (χ2v) is 4.77. The van der Waals surface area contributed by atoms with Crippen molar-refractivity contribution >= 4 is 23.3 Å². The Labute approximate surface area is 120 Å². The zero-order chi connectivity index (χ0) is 14.7. The van der Waals surface area contributed by atoms with Crippen molar-refractivity contribution in [2.45, 2.75) is 18.6 Å². The van der Waals surface area contributed by atoms with Crippen molar-refractivity contribution in [3.05, 3.63) is 33.3 Å². The molecule has 7 nitrogen and oxygen atoms in total. The maximum absolute atomic E-state index is 11.4. The molecule has 1 aliphatic rings. The second-order valence-electron chi connectivity index (χ2n) is 4.33. The molecule has 1 N–H and O–H groups in total. The van der Waals surface area contributed by atoms with Gasteiger partial charge < -0.3 is 14.8 Å². The van der Waals surface area contributed by atoms with Gasteiger partial charge in [0.15, 0.2) is 5.75 Å². The first-order chi connectivity index (χ1) is 9.51. The molecule has 0 amide bonds. The van der Waals surface area contributed by atoms with Gasteiger partial charge in [-0.25, -0.2) is 0 Å². The van der Waals surface area contributed by atoms with E-state index in [1.54, 1.807) is 0 Å². The normalized spacial score (nSPS) is 21.5. The van der Waals surface area contributed by atoms with Crippen molar-refractivity contribution in [3.8, 4) is 5.75 Å². The molecule has 20 heavy (non-hydrogen) atoms. The lowest BCUT2D eigenvalue weighted by Crippen LogP contribution is -2.31. The van der Waals surface area contributed by atoms with Crippen LogP contribution in [-0.4, -0.2) is 36.7 Å². The molecule has 1 saturated heterocycles. The van der Waals surface area contributed by atoms with Crippen LogP contribution in [0.4, 0.5) is 5.69 Å². The van der Waals surface area contributed by atoms with Gasteiger partial charge in [-0.15, -0.1) is 0 Å². The molecule has 0 aliphatic carbocycles. The van der Waals surface area contributed by atoms with Crippen molar-refractivity contribution in [2.75, 3.05) is 13.7 Å². The van der Waals surface area contributed by atoms with Crippen LogP contribution in [0.1, 0.15) is 6.42 Å². The number of methoxy groups -OCH3 is 1. The van der Waals surface area contributed by atoms with Gasteiger partial charge in [0.05, 0.1) is 12.0 Å². The van der Waals surface area contributed by atoms with Gasteiger partial charge in [0.2, 0.25) is 0 Å². The molecule has 1 fully saturated rings. The van der Waals surface area contributed by atoms with E-state index in [4.69, 9.17) is 16.3 Å². The van der Waals surface area contributed by atoms with Crippen LogP contribution in [0.3, 0.4) is 0 Å². The number of nitrogens with zero attached hydrogens (tertiary/aromatic N) is 1. The Kier molecular flexibility index (Phi) is 4.41. The van der Waals surface area contributed by atoms with E-state index in [-0.39, 0.29) is 28.5 Å². The summed E-state index contributed by atoms with van der Waals surface area (Å²) in [7, 11) is 1.31. The number of carbonyl (C=O) groups excluding carboxylic acids is 1. The molecule has 0 saturated carbocycles. The predicted octanol–water partition coefficient (Wildman–Crippen LogP) is 1.53. The number of rotatable bonds is 4. The van der Waals surface area contributed by atoms with E-state index in [1.165, 1.54) is 25.3 Å². The molecule has 1 heterocycles. The monoisotopic (exact) mass is 300 g/mol. The summed E-state index contributed by atoms with van der Waals surface area (Å²) in [6, 6.07) is 3.75. The van der Waals surface area contributed by atoms with E-state index in [2.05, 4.69) is 10.1 Å². The van der Waals surface area contributed by atoms with Crippen molar-refractivity contribution in [1.29, 1.82) is 0 Å². The lowest BCUT2D eigenvalue weighted by atomic mass is 10.2. The zero-order valence-electron chi connectivity index (χ0n) is 10.7. The molecule has 2 rings (SSSR count). The number of benzene rings is 1. The summed E-state index contributed by atoms with van der Waals surface area (Å²) in [5, 5.41) is 14.2. The fraction of sp³-hybridized carbons (Fsp3) is 0.417. The SMILES string of the molecule is COC(=O)C1CC(Oc2ccc(Cl)cc2[N+](=O)[O-])CN1. The highest BCUT2D eigenvalue weighted by atomic mass is 35.5. The van der Waals surface area contributed by atoms with Gasteiger partial charge >= 0.3 is 11.7 Å². The van der Waals surface area contributed by atoms with Crippen molar-refractivity contribution < 1.29 is 19.2 Å². The van der Waals surface area contributed by atoms with Crippen molar-refractivity contribution in [2.24, 2.45) is 0 Å². The largest absolute Gasteiger partial charge is 0.482 e. The Hall–Kier alpha value is -1.86. The summed E-state index contributed by atoms with van der Waals surface area (Å²) in [5.41, 5.74) is -0.195. The smallest absolute Gasteiger partial charge is 0.323 e. The van der Waals surface area contributed by atoms with E-state index >= 15 is 0 Å². The van der Waals surface area contributed by atoms with Gasteiger partial charge in [0, 0.05) is 24.1 Å². The van der Waals surface area contributed by atoms with Gasteiger partial charge in [0.1, 0.15) is 12.1 Å². The van der Waals surface area contributed by atoms with E-state index in [0.29, 0.717) is 13.0 Å². The van der Waals surface area contributed by atoms with E-state index in [0.717, 1.165) is 0 Å². The molecule has 0 spiro atoms. The van der Waals surface area contributed by atoms with E-state index in [1.807, 2.05) is 0 Å². The Balaban J connectivity index is 2.08. The first kappa shape index (κ1) is 14.5. The number of halogens is 1. The van der Waals surface area contributed by atoms with Crippen LogP contribution >= 0.6 is 11.6 Å².